The molecule has 6 heteroatoms. The molecule has 0 unspecified atom stereocenters. The van der Waals surface area contributed by atoms with E-state index in [2.05, 4.69) is 10.1 Å². The van der Waals surface area contributed by atoms with Crippen LogP contribution in [0.25, 0.3) is 0 Å². The molecule has 2 atom stereocenters. The Morgan fingerprint density at radius 3 is 2.91 bits per heavy atom. The van der Waals surface area contributed by atoms with Crippen molar-refractivity contribution in [3.63, 3.8) is 0 Å². The van der Waals surface area contributed by atoms with Crippen molar-refractivity contribution in [2.75, 3.05) is 20.3 Å². The maximum Gasteiger partial charge on any atom is 0.231 e. The van der Waals surface area contributed by atoms with E-state index < -0.39 is 0 Å². The molecule has 0 aliphatic carbocycles. The summed E-state index contributed by atoms with van der Waals surface area (Å²) in [5.41, 5.74) is 1.13. The number of likely N-dealkylation sites (tertiary alicyclic amines) is 1. The van der Waals surface area contributed by atoms with Gasteiger partial charge in [-0.1, -0.05) is 42.4 Å². The molecule has 1 aromatic carbocycles. The molecular formula is C17H21N3O3. The first-order valence-corrected chi connectivity index (χ1v) is 7.81. The zero-order valence-electron chi connectivity index (χ0n) is 13.4. The van der Waals surface area contributed by atoms with Crippen LogP contribution in [-0.4, -0.2) is 41.2 Å². The molecule has 23 heavy (non-hydrogen) atoms. The van der Waals surface area contributed by atoms with E-state index in [1.807, 2.05) is 42.2 Å². The van der Waals surface area contributed by atoms with Crippen molar-refractivity contribution in [2.45, 2.75) is 31.7 Å². The van der Waals surface area contributed by atoms with Crippen LogP contribution in [-0.2, 0) is 16.1 Å². The van der Waals surface area contributed by atoms with E-state index in [1.54, 1.807) is 7.11 Å². The zero-order chi connectivity index (χ0) is 16.2. The van der Waals surface area contributed by atoms with Gasteiger partial charge in [-0.05, 0) is 5.56 Å². The van der Waals surface area contributed by atoms with Gasteiger partial charge < -0.3 is 14.2 Å². The van der Waals surface area contributed by atoms with Crippen LogP contribution in [0.2, 0.25) is 0 Å². The van der Waals surface area contributed by atoms with Crippen molar-refractivity contribution in [3.05, 3.63) is 47.6 Å². The highest BCUT2D eigenvalue weighted by Crippen LogP contribution is 2.28. The molecule has 0 radical (unpaired) electrons. The van der Waals surface area contributed by atoms with E-state index in [4.69, 9.17) is 9.26 Å². The molecule has 1 aliphatic rings. The SMILES string of the molecule is COC[C@H](C)c1nc([C@@H]2CC(=O)N(Cc3ccccc3)C2)no1. The summed E-state index contributed by atoms with van der Waals surface area (Å²) in [6.07, 6.45) is 0.435. The summed E-state index contributed by atoms with van der Waals surface area (Å²) in [7, 11) is 1.64. The average molecular weight is 315 g/mol. The van der Waals surface area contributed by atoms with Crippen molar-refractivity contribution < 1.29 is 14.1 Å². The number of benzene rings is 1. The second kappa shape index (κ2) is 6.91. The summed E-state index contributed by atoms with van der Waals surface area (Å²) < 4.78 is 10.4. The lowest BCUT2D eigenvalue weighted by molar-refractivity contribution is -0.128. The Morgan fingerprint density at radius 1 is 1.39 bits per heavy atom. The summed E-state index contributed by atoms with van der Waals surface area (Å²) in [5.74, 6) is 1.37. The first-order valence-electron chi connectivity index (χ1n) is 7.81. The Morgan fingerprint density at radius 2 is 2.17 bits per heavy atom. The van der Waals surface area contributed by atoms with Gasteiger partial charge in [-0.25, -0.2) is 0 Å². The number of carbonyl (C=O) groups is 1. The Balaban J connectivity index is 1.65. The first kappa shape index (κ1) is 15.7. The number of ether oxygens (including phenoxy) is 1. The van der Waals surface area contributed by atoms with E-state index in [0.717, 1.165) is 5.56 Å². The van der Waals surface area contributed by atoms with Crippen molar-refractivity contribution in [1.82, 2.24) is 15.0 Å². The number of aromatic nitrogens is 2. The van der Waals surface area contributed by atoms with Gasteiger partial charge in [0.15, 0.2) is 5.82 Å². The minimum absolute atomic E-state index is 0.00143. The highest BCUT2D eigenvalue weighted by Gasteiger charge is 2.34. The summed E-state index contributed by atoms with van der Waals surface area (Å²) in [6, 6.07) is 9.99. The molecule has 0 N–H and O–H groups in total. The summed E-state index contributed by atoms with van der Waals surface area (Å²) in [4.78, 5) is 18.5. The van der Waals surface area contributed by atoms with Crippen LogP contribution >= 0.6 is 0 Å². The van der Waals surface area contributed by atoms with Gasteiger partial charge in [-0.3, -0.25) is 4.79 Å². The van der Waals surface area contributed by atoms with Gasteiger partial charge in [0, 0.05) is 32.5 Å². The molecule has 2 aromatic rings. The highest BCUT2D eigenvalue weighted by molar-refractivity contribution is 5.79. The number of nitrogens with zero attached hydrogens (tertiary/aromatic N) is 3. The smallest absolute Gasteiger partial charge is 0.231 e. The maximum absolute atomic E-state index is 12.2. The number of amides is 1. The molecule has 0 bridgehead atoms. The molecule has 2 heterocycles. The molecule has 1 saturated heterocycles. The van der Waals surface area contributed by atoms with Crippen molar-refractivity contribution in [1.29, 1.82) is 0 Å². The molecule has 122 valence electrons. The Bertz CT molecular complexity index is 656. The van der Waals surface area contributed by atoms with E-state index in [1.165, 1.54) is 0 Å². The van der Waals surface area contributed by atoms with E-state index in [9.17, 15) is 4.79 Å². The fourth-order valence-corrected chi connectivity index (χ4v) is 2.84. The van der Waals surface area contributed by atoms with Crippen LogP contribution in [0.3, 0.4) is 0 Å². The quantitative estimate of drug-likeness (QED) is 0.818. The molecule has 3 rings (SSSR count). The minimum Gasteiger partial charge on any atom is -0.384 e. The molecule has 1 aliphatic heterocycles. The van der Waals surface area contributed by atoms with Crippen LogP contribution in [0.4, 0.5) is 0 Å². The lowest BCUT2D eigenvalue weighted by atomic mass is 10.1. The third-order valence-corrected chi connectivity index (χ3v) is 4.09. The van der Waals surface area contributed by atoms with E-state index in [0.29, 0.717) is 37.8 Å². The molecular weight excluding hydrogens is 294 g/mol. The Hall–Kier alpha value is -2.21. The monoisotopic (exact) mass is 315 g/mol. The van der Waals surface area contributed by atoms with E-state index in [-0.39, 0.29) is 17.7 Å². The van der Waals surface area contributed by atoms with Crippen molar-refractivity contribution in [3.8, 4) is 0 Å². The third-order valence-electron chi connectivity index (χ3n) is 4.09. The van der Waals surface area contributed by atoms with Crippen LogP contribution in [0.5, 0.6) is 0 Å². The standard InChI is InChI=1S/C17H21N3O3/c1-12(11-22-2)17-18-16(19-23-17)14-8-15(21)20(10-14)9-13-6-4-3-5-7-13/h3-7,12,14H,8-11H2,1-2H3/t12-,14+/m0/s1. The van der Waals surface area contributed by atoms with Gasteiger partial charge in [0.1, 0.15) is 0 Å². The minimum atomic E-state index is -0.00143. The van der Waals surface area contributed by atoms with Crippen molar-refractivity contribution in [2.24, 2.45) is 0 Å². The predicted octanol–water partition coefficient (Wildman–Crippen LogP) is 2.34. The maximum atomic E-state index is 12.2. The van der Waals surface area contributed by atoms with E-state index >= 15 is 0 Å². The molecule has 1 amide bonds. The van der Waals surface area contributed by atoms with Crippen LogP contribution < -0.4 is 0 Å². The summed E-state index contributed by atoms with van der Waals surface area (Å²) in [6.45, 7) is 3.76. The Labute approximate surface area is 135 Å². The zero-order valence-corrected chi connectivity index (χ0v) is 13.4. The normalized spacial score (nSPS) is 19.3. The number of hydrogen-bond donors (Lipinski definition) is 0. The van der Waals surface area contributed by atoms with Gasteiger partial charge >= 0.3 is 0 Å². The highest BCUT2D eigenvalue weighted by atomic mass is 16.5. The predicted molar refractivity (Wildman–Crippen MR) is 83.8 cm³/mol. The van der Waals surface area contributed by atoms with Gasteiger partial charge in [0.2, 0.25) is 11.8 Å². The summed E-state index contributed by atoms with van der Waals surface area (Å²) in [5, 5.41) is 4.06. The van der Waals surface area contributed by atoms with Gasteiger partial charge in [-0.2, -0.15) is 4.98 Å². The fourth-order valence-electron chi connectivity index (χ4n) is 2.84. The molecule has 1 aromatic heterocycles. The number of methoxy groups -OCH3 is 1. The summed E-state index contributed by atoms with van der Waals surface area (Å²) >= 11 is 0. The number of hydrogen-bond acceptors (Lipinski definition) is 5. The third kappa shape index (κ3) is 3.59. The van der Waals surface area contributed by atoms with Crippen LogP contribution in [0.15, 0.2) is 34.9 Å². The van der Waals surface area contributed by atoms with Crippen LogP contribution in [0, 0.1) is 0 Å². The fraction of sp³-hybridized carbons (Fsp3) is 0.471. The first-order chi connectivity index (χ1) is 11.2. The van der Waals surface area contributed by atoms with Gasteiger partial charge in [0.05, 0.1) is 12.5 Å². The van der Waals surface area contributed by atoms with Crippen molar-refractivity contribution >= 4 is 5.91 Å². The second-order valence-electron chi connectivity index (χ2n) is 6.01. The molecule has 0 spiro atoms. The molecule has 0 saturated carbocycles. The lowest BCUT2D eigenvalue weighted by Crippen LogP contribution is -2.24. The average Bonchev–Trinajstić information content (AvgIpc) is 3.16. The largest absolute Gasteiger partial charge is 0.384 e. The number of carbonyl (C=O) groups excluding carboxylic acids is 1. The van der Waals surface area contributed by atoms with Gasteiger partial charge in [0.25, 0.3) is 0 Å². The topological polar surface area (TPSA) is 68.5 Å². The second-order valence-corrected chi connectivity index (χ2v) is 6.01. The molecule has 6 nitrogen and oxygen atoms in total. The van der Waals surface area contributed by atoms with Crippen LogP contribution in [0.1, 0.15) is 42.5 Å². The lowest BCUT2D eigenvalue weighted by Gasteiger charge is -2.15. The van der Waals surface area contributed by atoms with Gasteiger partial charge in [-0.15, -0.1) is 0 Å². The Kier molecular flexibility index (Phi) is 4.71. The number of rotatable bonds is 6. The molecule has 1 fully saturated rings.